The molecule has 0 unspecified atom stereocenters. The molecule has 1 saturated heterocycles. The molecule has 27 heavy (non-hydrogen) atoms. The van der Waals surface area contributed by atoms with Crippen molar-refractivity contribution in [1.82, 2.24) is 10.2 Å². The second kappa shape index (κ2) is 7.64. The summed E-state index contributed by atoms with van der Waals surface area (Å²) in [6.45, 7) is 6.63. The van der Waals surface area contributed by atoms with Crippen LogP contribution in [-0.2, 0) is 15.0 Å². The molecule has 0 aliphatic carbocycles. The fourth-order valence-electron chi connectivity index (χ4n) is 2.82. The maximum atomic E-state index is 12.6. The maximum absolute atomic E-state index is 12.6. The van der Waals surface area contributed by atoms with Crippen molar-refractivity contribution < 1.29 is 14.3 Å². The Labute approximate surface area is 162 Å². The van der Waals surface area contributed by atoms with Crippen LogP contribution in [0.15, 0.2) is 24.3 Å². The zero-order chi connectivity index (χ0) is 19.6. The van der Waals surface area contributed by atoms with Gasteiger partial charge in [0, 0.05) is 30.1 Å². The fraction of sp³-hybridized carbons (Fsp3) is 0.474. The zero-order valence-corrected chi connectivity index (χ0v) is 16.8. The van der Waals surface area contributed by atoms with Crippen LogP contribution in [0, 0.1) is 5.92 Å². The third-order valence-electron chi connectivity index (χ3n) is 4.98. The van der Waals surface area contributed by atoms with E-state index in [0.29, 0.717) is 17.4 Å². The van der Waals surface area contributed by atoms with E-state index in [-0.39, 0.29) is 23.7 Å². The minimum absolute atomic E-state index is 0.0755. The predicted molar refractivity (Wildman–Crippen MR) is 105 cm³/mol. The number of amides is 2. The number of benzene rings is 1. The van der Waals surface area contributed by atoms with Crippen molar-refractivity contribution in [1.29, 1.82) is 0 Å². The standard InChI is InChI=1S/C19H24N4O3S/c1-5-19(2,3)17-21-22-18(27-17)20-16(25)12-9-15(24)23(11-12)13-7-6-8-14(10-13)26-4/h6-8,10,12H,5,9,11H2,1-4H3,(H,20,22,25)/t12-/m1/s1. The van der Waals surface area contributed by atoms with Crippen LogP contribution >= 0.6 is 11.3 Å². The van der Waals surface area contributed by atoms with Gasteiger partial charge in [-0.2, -0.15) is 0 Å². The van der Waals surface area contributed by atoms with Gasteiger partial charge >= 0.3 is 0 Å². The second-order valence-electron chi connectivity index (χ2n) is 7.25. The summed E-state index contributed by atoms with van der Waals surface area (Å²) in [5.41, 5.74) is 0.658. The molecule has 0 bridgehead atoms. The molecule has 8 heteroatoms. The molecule has 1 aromatic carbocycles. The summed E-state index contributed by atoms with van der Waals surface area (Å²) in [4.78, 5) is 26.6. The smallest absolute Gasteiger partial charge is 0.231 e. The van der Waals surface area contributed by atoms with Gasteiger partial charge in [-0.15, -0.1) is 10.2 Å². The van der Waals surface area contributed by atoms with Gasteiger partial charge in [-0.3, -0.25) is 9.59 Å². The Hall–Kier alpha value is -2.48. The first-order valence-corrected chi connectivity index (χ1v) is 9.75. The zero-order valence-electron chi connectivity index (χ0n) is 16.0. The lowest BCUT2D eigenvalue weighted by molar-refractivity contribution is -0.122. The summed E-state index contributed by atoms with van der Waals surface area (Å²) in [7, 11) is 1.58. The van der Waals surface area contributed by atoms with Crippen LogP contribution < -0.4 is 15.0 Å². The number of carbonyl (C=O) groups excluding carboxylic acids is 2. The lowest BCUT2D eigenvalue weighted by Gasteiger charge is -2.18. The Balaban J connectivity index is 1.67. The Kier molecular flexibility index (Phi) is 5.46. The molecule has 0 saturated carbocycles. The van der Waals surface area contributed by atoms with Crippen molar-refractivity contribution in [2.75, 3.05) is 23.9 Å². The Morgan fingerprint density at radius 2 is 2.19 bits per heavy atom. The molecule has 1 fully saturated rings. The highest BCUT2D eigenvalue weighted by Crippen LogP contribution is 2.32. The SMILES string of the molecule is CCC(C)(C)c1nnc(NC(=O)[C@@H]2CC(=O)N(c3cccc(OC)c3)C2)s1. The molecule has 1 aliphatic rings. The minimum atomic E-state index is -0.421. The van der Waals surface area contributed by atoms with Gasteiger partial charge in [0.05, 0.1) is 13.0 Å². The number of ether oxygens (including phenoxy) is 1. The molecule has 2 heterocycles. The Bertz CT molecular complexity index is 849. The normalized spacial score (nSPS) is 17.3. The molecule has 3 rings (SSSR count). The third kappa shape index (κ3) is 4.10. The molecule has 1 atom stereocenters. The average Bonchev–Trinajstić information content (AvgIpc) is 3.29. The van der Waals surface area contributed by atoms with Crippen molar-refractivity contribution in [2.24, 2.45) is 5.92 Å². The molecular formula is C19H24N4O3S. The van der Waals surface area contributed by atoms with Gasteiger partial charge in [0.2, 0.25) is 16.9 Å². The van der Waals surface area contributed by atoms with E-state index in [2.05, 4.69) is 36.3 Å². The van der Waals surface area contributed by atoms with Crippen LogP contribution in [0.1, 0.15) is 38.6 Å². The van der Waals surface area contributed by atoms with Crippen LogP contribution in [0.3, 0.4) is 0 Å². The number of nitrogens with one attached hydrogen (secondary N) is 1. The lowest BCUT2D eigenvalue weighted by Crippen LogP contribution is -2.28. The monoisotopic (exact) mass is 388 g/mol. The maximum Gasteiger partial charge on any atom is 0.231 e. The molecule has 2 amide bonds. The quantitative estimate of drug-likeness (QED) is 0.821. The van der Waals surface area contributed by atoms with Crippen LogP contribution in [0.4, 0.5) is 10.8 Å². The molecule has 7 nitrogen and oxygen atoms in total. The highest BCUT2D eigenvalue weighted by Gasteiger charge is 2.36. The highest BCUT2D eigenvalue weighted by molar-refractivity contribution is 7.15. The molecule has 1 N–H and O–H groups in total. The number of aromatic nitrogens is 2. The van der Waals surface area contributed by atoms with Crippen LogP contribution in [0.25, 0.3) is 0 Å². The van der Waals surface area contributed by atoms with Gasteiger partial charge in [-0.1, -0.05) is 38.2 Å². The number of hydrogen-bond acceptors (Lipinski definition) is 6. The van der Waals surface area contributed by atoms with Crippen LogP contribution in [0.2, 0.25) is 0 Å². The molecule has 2 aromatic rings. The Morgan fingerprint density at radius 1 is 1.41 bits per heavy atom. The van der Waals surface area contributed by atoms with Gasteiger partial charge in [0.15, 0.2) is 0 Å². The molecule has 144 valence electrons. The van der Waals surface area contributed by atoms with E-state index >= 15 is 0 Å². The minimum Gasteiger partial charge on any atom is -0.497 e. The van der Waals surface area contributed by atoms with Crippen molar-refractivity contribution in [3.8, 4) is 5.75 Å². The summed E-state index contributed by atoms with van der Waals surface area (Å²) in [5, 5.41) is 12.5. The number of anilines is 2. The first-order chi connectivity index (χ1) is 12.8. The third-order valence-corrected chi connectivity index (χ3v) is 6.18. The fourth-order valence-corrected chi connectivity index (χ4v) is 3.74. The second-order valence-corrected chi connectivity index (χ2v) is 8.22. The van der Waals surface area contributed by atoms with E-state index in [4.69, 9.17) is 4.74 Å². The Morgan fingerprint density at radius 3 is 2.89 bits per heavy atom. The summed E-state index contributed by atoms with van der Waals surface area (Å²) < 4.78 is 5.21. The van der Waals surface area contributed by atoms with E-state index in [9.17, 15) is 9.59 Å². The number of rotatable bonds is 6. The van der Waals surface area contributed by atoms with E-state index in [1.807, 2.05) is 18.2 Å². The van der Waals surface area contributed by atoms with Gasteiger partial charge in [-0.05, 0) is 18.6 Å². The molecule has 1 aliphatic heterocycles. The van der Waals surface area contributed by atoms with E-state index in [1.54, 1.807) is 18.1 Å². The van der Waals surface area contributed by atoms with Gasteiger partial charge in [-0.25, -0.2) is 0 Å². The largest absolute Gasteiger partial charge is 0.497 e. The van der Waals surface area contributed by atoms with Crippen LogP contribution in [0.5, 0.6) is 5.75 Å². The first-order valence-electron chi connectivity index (χ1n) is 8.93. The van der Waals surface area contributed by atoms with Crippen molar-refractivity contribution in [3.05, 3.63) is 29.3 Å². The number of nitrogens with zero attached hydrogens (tertiary/aromatic N) is 3. The highest BCUT2D eigenvalue weighted by atomic mass is 32.1. The van der Waals surface area contributed by atoms with Crippen LogP contribution in [-0.4, -0.2) is 35.7 Å². The van der Waals surface area contributed by atoms with E-state index < -0.39 is 5.92 Å². The first kappa shape index (κ1) is 19.3. The van der Waals surface area contributed by atoms with E-state index in [0.717, 1.165) is 17.1 Å². The average molecular weight is 388 g/mol. The summed E-state index contributed by atoms with van der Waals surface area (Å²) in [6.07, 6.45) is 1.11. The molecule has 0 spiro atoms. The lowest BCUT2D eigenvalue weighted by atomic mass is 9.91. The number of carbonyl (C=O) groups is 2. The van der Waals surface area contributed by atoms with E-state index in [1.165, 1.54) is 11.3 Å². The molecular weight excluding hydrogens is 364 g/mol. The van der Waals surface area contributed by atoms with Crippen molar-refractivity contribution in [2.45, 2.75) is 39.0 Å². The van der Waals surface area contributed by atoms with Gasteiger partial charge < -0.3 is 15.0 Å². The summed E-state index contributed by atoms with van der Waals surface area (Å²) in [6, 6.07) is 7.28. The van der Waals surface area contributed by atoms with Crippen molar-refractivity contribution >= 4 is 34.0 Å². The van der Waals surface area contributed by atoms with Crippen molar-refractivity contribution in [3.63, 3.8) is 0 Å². The summed E-state index contributed by atoms with van der Waals surface area (Å²) in [5.74, 6) is -0.0254. The summed E-state index contributed by atoms with van der Waals surface area (Å²) >= 11 is 1.39. The molecule has 1 aromatic heterocycles. The van der Waals surface area contributed by atoms with Gasteiger partial charge in [0.1, 0.15) is 10.8 Å². The molecule has 0 radical (unpaired) electrons. The predicted octanol–water partition coefficient (Wildman–Crippen LogP) is 3.23. The number of methoxy groups -OCH3 is 1. The number of hydrogen-bond donors (Lipinski definition) is 1. The topological polar surface area (TPSA) is 84.4 Å². The van der Waals surface area contributed by atoms with Gasteiger partial charge in [0.25, 0.3) is 0 Å².